The molecule has 1 aliphatic rings. The van der Waals surface area contributed by atoms with Crippen molar-refractivity contribution in [2.45, 2.75) is 24.6 Å². The molecule has 34 heavy (non-hydrogen) atoms. The smallest absolute Gasteiger partial charge is 0.230 e. The summed E-state index contributed by atoms with van der Waals surface area (Å²) in [4.78, 5) is 43.9. The molecule has 2 heterocycles. The van der Waals surface area contributed by atoms with Crippen LogP contribution in [0.1, 0.15) is 17.5 Å². The Morgan fingerprint density at radius 3 is 2.62 bits per heavy atom. The van der Waals surface area contributed by atoms with E-state index in [-0.39, 0.29) is 29.9 Å². The van der Waals surface area contributed by atoms with Gasteiger partial charge in [0.2, 0.25) is 17.7 Å². The summed E-state index contributed by atoms with van der Waals surface area (Å²) >= 11 is 2.66. The van der Waals surface area contributed by atoms with Crippen LogP contribution in [-0.2, 0) is 14.4 Å². The minimum absolute atomic E-state index is 0.0576. The highest BCUT2D eigenvalue weighted by Crippen LogP contribution is 2.38. The van der Waals surface area contributed by atoms with Gasteiger partial charge in [-0.25, -0.2) is 4.98 Å². The van der Waals surface area contributed by atoms with Gasteiger partial charge in [0.15, 0.2) is 4.34 Å². The molecule has 1 fully saturated rings. The molecule has 7 nitrogen and oxygen atoms in total. The molecule has 2 N–H and O–H groups in total. The van der Waals surface area contributed by atoms with Gasteiger partial charge < -0.3 is 15.5 Å². The molecule has 1 saturated heterocycles. The van der Waals surface area contributed by atoms with Crippen LogP contribution in [0.3, 0.4) is 0 Å². The zero-order valence-corrected chi connectivity index (χ0v) is 20.9. The Bertz CT molecular complexity index is 1230. The van der Waals surface area contributed by atoms with Crippen molar-refractivity contribution in [3.05, 3.63) is 59.7 Å². The summed E-state index contributed by atoms with van der Waals surface area (Å²) in [5, 5.41) is 6.23. The first-order chi connectivity index (χ1) is 16.4. The lowest BCUT2D eigenvalue weighted by atomic mass is 10.1. The second kappa shape index (κ2) is 10.4. The van der Waals surface area contributed by atoms with E-state index in [0.29, 0.717) is 21.6 Å². The first-order valence-corrected chi connectivity index (χ1v) is 12.7. The molecule has 1 unspecified atom stereocenters. The third-order valence-corrected chi connectivity index (χ3v) is 7.91. The number of nitrogens with zero attached hydrogens (tertiary/aromatic N) is 2. The van der Waals surface area contributed by atoms with E-state index in [2.05, 4.69) is 15.6 Å². The summed E-state index contributed by atoms with van der Waals surface area (Å²) in [7, 11) is 1.59. The van der Waals surface area contributed by atoms with Gasteiger partial charge in [0.1, 0.15) is 10.7 Å². The number of carbonyl (C=O) groups excluding carboxylic acids is 3. The van der Waals surface area contributed by atoms with E-state index < -0.39 is 5.92 Å². The van der Waals surface area contributed by atoms with Crippen molar-refractivity contribution in [2.24, 2.45) is 5.92 Å². The molecule has 2 aromatic carbocycles. The number of aromatic nitrogens is 1. The molecule has 1 aromatic heterocycles. The van der Waals surface area contributed by atoms with Gasteiger partial charge in [0, 0.05) is 31.3 Å². The number of amides is 3. The first-order valence-electron chi connectivity index (χ1n) is 10.9. The van der Waals surface area contributed by atoms with Crippen LogP contribution in [0, 0.1) is 19.8 Å². The van der Waals surface area contributed by atoms with Crippen molar-refractivity contribution >= 4 is 51.5 Å². The normalized spacial score (nSPS) is 15.4. The van der Waals surface area contributed by atoms with Crippen LogP contribution in [0.2, 0.25) is 0 Å². The van der Waals surface area contributed by atoms with E-state index >= 15 is 0 Å². The van der Waals surface area contributed by atoms with Gasteiger partial charge in [-0.05, 0) is 37.1 Å². The summed E-state index contributed by atoms with van der Waals surface area (Å²) in [6, 6.07) is 15.5. The van der Waals surface area contributed by atoms with Crippen LogP contribution in [-0.4, -0.2) is 42.1 Å². The fraction of sp³-hybridized carbons (Fsp3) is 0.280. The van der Waals surface area contributed by atoms with E-state index in [0.717, 1.165) is 22.4 Å². The summed E-state index contributed by atoms with van der Waals surface area (Å²) < 4.78 is 0.692. The molecular weight excluding hydrogens is 468 g/mol. The molecule has 4 rings (SSSR count). The number of carbonyl (C=O) groups is 3. The number of benzene rings is 2. The van der Waals surface area contributed by atoms with Crippen LogP contribution in [0.25, 0.3) is 11.3 Å². The van der Waals surface area contributed by atoms with Crippen LogP contribution in [0.4, 0.5) is 10.7 Å². The highest BCUT2D eigenvalue weighted by Gasteiger charge is 2.36. The monoisotopic (exact) mass is 494 g/mol. The largest absolute Gasteiger partial charge is 0.358 e. The Labute approximate surface area is 207 Å². The van der Waals surface area contributed by atoms with E-state index in [1.165, 1.54) is 23.1 Å². The number of anilines is 2. The van der Waals surface area contributed by atoms with Crippen molar-refractivity contribution < 1.29 is 14.4 Å². The number of hydrogen-bond donors (Lipinski definition) is 2. The average Bonchev–Trinajstić information content (AvgIpc) is 3.43. The minimum atomic E-state index is -0.457. The third kappa shape index (κ3) is 5.31. The lowest BCUT2D eigenvalue weighted by molar-refractivity contribution is -0.122. The second-order valence-electron chi connectivity index (χ2n) is 8.15. The van der Waals surface area contributed by atoms with E-state index in [1.54, 1.807) is 11.9 Å². The molecule has 0 bridgehead atoms. The third-order valence-electron chi connectivity index (χ3n) is 5.80. The fourth-order valence-corrected chi connectivity index (χ4v) is 5.62. The highest BCUT2D eigenvalue weighted by molar-refractivity contribution is 8.01. The highest BCUT2D eigenvalue weighted by atomic mass is 32.2. The number of thioether (sulfide) groups is 1. The summed E-state index contributed by atoms with van der Waals surface area (Å²) in [6.07, 6.45) is 0.163. The predicted octanol–water partition coefficient (Wildman–Crippen LogP) is 4.26. The van der Waals surface area contributed by atoms with Crippen molar-refractivity contribution in [2.75, 3.05) is 29.6 Å². The Kier molecular flexibility index (Phi) is 7.33. The van der Waals surface area contributed by atoms with Gasteiger partial charge in [-0.3, -0.25) is 14.4 Å². The van der Waals surface area contributed by atoms with E-state index in [1.807, 2.05) is 62.4 Å². The average molecular weight is 495 g/mol. The van der Waals surface area contributed by atoms with Gasteiger partial charge in [0.25, 0.3) is 0 Å². The molecule has 3 aromatic rings. The Hall–Kier alpha value is -3.17. The maximum Gasteiger partial charge on any atom is 0.230 e. The number of hydrogen-bond acceptors (Lipinski definition) is 6. The maximum absolute atomic E-state index is 13.2. The minimum Gasteiger partial charge on any atom is -0.358 e. The van der Waals surface area contributed by atoms with E-state index in [4.69, 9.17) is 0 Å². The molecule has 0 saturated carbocycles. The van der Waals surface area contributed by atoms with Crippen LogP contribution in [0.15, 0.2) is 52.9 Å². The zero-order chi connectivity index (χ0) is 24.2. The number of thiazole rings is 1. The molecule has 0 radical (unpaired) electrons. The van der Waals surface area contributed by atoms with Crippen LogP contribution in [0.5, 0.6) is 0 Å². The number of aryl methyl sites for hydroxylation is 2. The topological polar surface area (TPSA) is 91.4 Å². The molecule has 3 amide bonds. The van der Waals surface area contributed by atoms with Gasteiger partial charge in [-0.1, -0.05) is 59.5 Å². The van der Waals surface area contributed by atoms with Crippen molar-refractivity contribution in [3.63, 3.8) is 0 Å². The lowest BCUT2D eigenvalue weighted by Gasteiger charge is -2.18. The lowest BCUT2D eigenvalue weighted by Crippen LogP contribution is -2.28. The quantitative estimate of drug-likeness (QED) is 0.479. The number of nitrogens with one attached hydrogen (secondary N) is 2. The zero-order valence-electron chi connectivity index (χ0n) is 19.3. The molecule has 0 spiro atoms. The summed E-state index contributed by atoms with van der Waals surface area (Å²) in [5.41, 5.74) is 4.62. The second-order valence-corrected chi connectivity index (χ2v) is 10.4. The molecular formula is C25H26N4O3S2. The summed E-state index contributed by atoms with van der Waals surface area (Å²) in [5.74, 6) is -0.570. The first kappa shape index (κ1) is 24.0. The van der Waals surface area contributed by atoms with Crippen LogP contribution < -0.4 is 15.5 Å². The van der Waals surface area contributed by atoms with Gasteiger partial charge in [-0.2, -0.15) is 0 Å². The maximum atomic E-state index is 13.2. The summed E-state index contributed by atoms with van der Waals surface area (Å²) in [6.45, 7) is 4.38. The SMILES string of the molecule is CNC(=O)CSc1nc(-c2ccccc2)c(NC(=O)C2CC(=O)N(c3ccc(C)c(C)c3)C2)s1. The van der Waals surface area contributed by atoms with Crippen LogP contribution >= 0.6 is 23.1 Å². The predicted molar refractivity (Wildman–Crippen MR) is 137 cm³/mol. The molecule has 9 heteroatoms. The van der Waals surface area contributed by atoms with Crippen molar-refractivity contribution in [1.82, 2.24) is 10.3 Å². The van der Waals surface area contributed by atoms with Crippen molar-refractivity contribution in [3.8, 4) is 11.3 Å². The Morgan fingerprint density at radius 1 is 1.15 bits per heavy atom. The molecule has 0 aliphatic carbocycles. The number of rotatable bonds is 7. The molecule has 1 atom stereocenters. The van der Waals surface area contributed by atoms with Gasteiger partial charge in [-0.15, -0.1) is 0 Å². The standard InChI is InChI=1S/C25H26N4O3S2/c1-15-9-10-19(11-16(15)2)29-13-18(12-21(29)31)23(32)28-24-22(17-7-5-4-6-8-17)27-25(34-24)33-14-20(30)26-3/h4-11,18H,12-14H2,1-3H3,(H,26,30)(H,28,32). The fourth-order valence-electron chi connectivity index (χ4n) is 3.68. The van der Waals surface area contributed by atoms with E-state index in [9.17, 15) is 14.4 Å². The molecule has 176 valence electrons. The van der Waals surface area contributed by atoms with Gasteiger partial charge >= 0.3 is 0 Å². The van der Waals surface area contributed by atoms with Crippen molar-refractivity contribution in [1.29, 1.82) is 0 Å². The van der Waals surface area contributed by atoms with Gasteiger partial charge in [0.05, 0.1) is 11.7 Å². The Balaban J connectivity index is 1.52. The molecule has 1 aliphatic heterocycles. The Morgan fingerprint density at radius 2 is 1.91 bits per heavy atom.